The fraction of sp³-hybridized carbons (Fsp3) is 0.471. The van der Waals surface area contributed by atoms with Crippen molar-refractivity contribution in [1.29, 1.82) is 0 Å². The van der Waals surface area contributed by atoms with Crippen LogP contribution >= 0.6 is 0 Å². The Hall–Kier alpha value is -2.17. The third kappa shape index (κ3) is 3.35. The van der Waals surface area contributed by atoms with Gasteiger partial charge in [-0.05, 0) is 37.5 Å². The van der Waals surface area contributed by atoms with Gasteiger partial charge in [-0.15, -0.1) is 0 Å². The van der Waals surface area contributed by atoms with E-state index in [0.717, 1.165) is 29.6 Å². The smallest absolute Gasteiger partial charge is 0.255 e. The third-order valence-electron chi connectivity index (χ3n) is 3.86. The minimum Gasteiger partial charge on any atom is -0.385 e. The van der Waals surface area contributed by atoms with Gasteiger partial charge >= 0.3 is 0 Å². The fourth-order valence-electron chi connectivity index (χ4n) is 2.52. The summed E-state index contributed by atoms with van der Waals surface area (Å²) in [4.78, 5) is 17.5. The number of amides is 1. The molecular formula is C17H26N4O. The summed E-state index contributed by atoms with van der Waals surface area (Å²) in [6.07, 6.45) is 1.14. The molecule has 0 aliphatic heterocycles. The van der Waals surface area contributed by atoms with Gasteiger partial charge in [0.1, 0.15) is 5.82 Å². The minimum absolute atomic E-state index is 0.132. The van der Waals surface area contributed by atoms with Crippen LogP contribution in [0.1, 0.15) is 37.6 Å². The first-order chi connectivity index (χ1) is 10.4. The van der Waals surface area contributed by atoms with Crippen molar-refractivity contribution in [3.8, 4) is 0 Å². The zero-order valence-electron chi connectivity index (χ0n) is 13.9. The average Bonchev–Trinajstić information content (AvgIpc) is 2.79. The number of anilines is 2. The molecular weight excluding hydrogens is 276 g/mol. The number of H-pyrrole nitrogens is 1. The van der Waals surface area contributed by atoms with E-state index in [0.29, 0.717) is 23.8 Å². The van der Waals surface area contributed by atoms with Crippen molar-refractivity contribution in [3.63, 3.8) is 0 Å². The van der Waals surface area contributed by atoms with Crippen LogP contribution in [0.3, 0.4) is 0 Å². The van der Waals surface area contributed by atoms with E-state index >= 15 is 0 Å². The molecule has 1 amide bonds. The summed E-state index contributed by atoms with van der Waals surface area (Å²) in [6.45, 7) is 7.93. The number of hydrogen-bond donors (Lipinski definition) is 3. The maximum absolute atomic E-state index is 12.1. The monoisotopic (exact) mass is 302 g/mol. The highest BCUT2D eigenvalue weighted by atomic mass is 16.1. The van der Waals surface area contributed by atoms with Crippen LogP contribution in [0, 0.1) is 5.92 Å². The molecule has 0 aliphatic carbocycles. The third-order valence-corrected chi connectivity index (χ3v) is 3.86. The normalized spacial score (nSPS) is 11.1. The largest absolute Gasteiger partial charge is 0.385 e. The van der Waals surface area contributed by atoms with Crippen LogP contribution in [0.4, 0.5) is 11.5 Å². The number of rotatable bonds is 6. The Kier molecular flexibility index (Phi) is 4.96. The van der Waals surface area contributed by atoms with Crippen molar-refractivity contribution in [1.82, 2.24) is 10.3 Å². The Morgan fingerprint density at radius 1 is 1.41 bits per heavy atom. The number of aromatic nitrogens is 1. The number of benzene rings is 1. The lowest BCUT2D eigenvalue weighted by atomic mass is 10.1. The lowest BCUT2D eigenvalue weighted by Crippen LogP contribution is -2.23. The first-order valence-electron chi connectivity index (χ1n) is 7.84. The molecule has 120 valence electrons. The summed E-state index contributed by atoms with van der Waals surface area (Å²) in [5.74, 6) is 0.965. The number of aromatic amines is 1. The molecule has 1 heterocycles. The van der Waals surface area contributed by atoms with Crippen LogP contribution in [-0.2, 0) is 0 Å². The van der Waals surface area contributed by atoms with E-state index in [-0.39, 0.29) is 5.91 Å². The Labute approximate surface area is 131 Å². The molecule has 5 nitrogen and oxygen atoms in total. The van der Waals surface area contributed by atoms with Gasteiger partial charge in [0.25, 0.3) is 5.91 Å². The van der Waals surface area contributed by atoms with Crippen molar-refractivity contribution in [2.24, 2.45) is 5.92 Å². The van der Waals surface area contributed by atoms with E-state index in [1.807, 2.05) is 19.1 Å². The molecule has 2 rings (SSSR count). The van der Waals surface area contributed by atoms with Crippen LogP contribution in [0.2, 0.25) is 0 Å². The van der Waals surface area contributed by atoms with E-state index in [1.54, 1.807) is 0 Å². The maximum Gasteiger partial charge on any atom is 0.255 e. The number of nitrogens with one attached hydrogen (secondary N) is 2. The highest BCUT2D eigenvalue weighted by Crippen LogP contribution is 2.28. The Bertz CT molecular complexity index is 660. The molecule has 0 aliphatic rings. The zero-order valence-corrected chi connectivity index (χ0v) is 13.9. The molecule has 1 aromatic carbocycles. The molecule has 2 aromatic rings. The SMILES string of the molecule is CCNC(=O)c1c(N)[nH]c2cc(N(C)CCC(C)C)ccc12. The molecule has 0 saturated carbocycles. The van der Waals surface area contributed by atoms with Crippen molar-refractivity contribution < 1.29 is 4.79 Å². The van der Waals surface area contributed by atoms with Gasteiger partial charge in [-0.2, -0.15) is 0 Å². The highest BCUT2D eigenvalue weighted by Gasteiger charge is 2.16. The maximum atomic E-state index is 12.1. The van der Waals surface area contributed by atoms with Crippen LogP contribution in [0.15, 0.2) is 18.2 Å². The van der Waals surface area contributed by atoms with Gasteiger partial charge < -0.3 is 20.9 Å². The van der Waals surface area contributed by atoms with E-state index < -0.39 is 0 Å². The molecule has 0 bridgehead atoms. The second kappa shape index (κ2) is 6.73. The highest BCUT2D eigenvalue weighted by molar-refractivity contribution is 6.11. The van der Waals surface area contributed by atoms with Gasteiger partial charge in [0, 0.05) is 36.7 Å². The summed E-state index contributed by atoms with van der Waals surface area (Å²) in [7, 11) is 2.08. The molecule has 22 heavy (non-hydrogen) atoms. The van der Waals surface area contributed by atoms with E-state index in [1.165, 1.54) is 0 Å². The van der Waals surface area contributed by atoms with Crippen LogP contribution in [-0.4, -0.2) is 31.0 Å². The minimum atomic E-state index is -0.132. The summed E-state index contributed by atoms with van der Waals surface area (Å²) < 4.78 is 0. The number of nitrogen functional groups attached to an aromatic ring is 1. The molecule has 4 N–H and O–H groups in total. The summed E-state index contributed by atoms with van der Waals surface area (Å²) >= 11 is 0. The van der Waals surface area contributed by atoms with E-state index in [9.17, 15) is 4.79 Å². The van der Waals surface area contributed by atoms with Crippen molar-refractivity contribution in [2.45, 2.75) is 27.2 Å². The quantitative estimate of drug-likeness (QED) is 0.768. The molecule has 0 fully saturated rings. The molecule has 0 saturated heterocycles. The zero-order chi connectivity index (χ0) is 16.3. The molecule has 0 radical (unpaired) electrons. The Morgan fingerprint density at radius 3 is 2.77 bits per heavy atom. The number of fused-ring (bicyclic) bond motifs is 1. The summed E-state index contributed by atoms with van der Waals surface area (Å²) in [6, 6.07) is 6.06. The molecule has 0 spiro atoms. The van der Waals surface area contributed by atoms with Gasteiger partial charge in [-0.3, -0.25) is 4.79 Å². The standard InChI is InChI=1S/C17H26N4O/c1-5-19-17(22)15-13-7-6-12(10-14(13)20-16(15)18)21(4)9-8-11(2)3/h6-7,10-11,20H,5,8-9,18H2,1-4H3,(H,19,22). The van der Waals surface area contributed by atoms with Crippen molar-refractivity contribution in [3.05, 3.63) is 23.8 Å². The fourth-order valence-corrected chi connectivity index (χ4v) is 2.52. The van der Waals surface area contributed by atoms with Crippen LogP contribution in [0.5, 0.6) is 0 Å². The molecule has 0 atom stereocenters. The Balaban J connectivity index is 2.30. The summed E-state index contributed by atoms with van der Waals surface area (Å²) in [5.41, 5.74) is 8.53. The summed E-state index contributed by atoms with van der Waals surface area (Å²) in [5, 5.41) is 3.67. The first kappa shape index (κ1) is 16.2. The molecule has 0 unspecified atom stereocenters. The average molecular weight is 302 g/mol. The van der Waals surface area contributed by atoms with E-state index in [2.05, 4.69) is 42.2 Å². The lowest BCUT2D eigenvalue weighted by molar-refractivity contribution is 0.0958. The number of carbonyl (C=O) groups excluding carboxylic acids is 1. The topological polar surface area (TPSA) is 74.1 Å². The molecule has 5 heteroatoms. The predicted molar refractivity (Wildman–Crippen MR) is 93.4 cm³/mol. The van der Waals surface area contributed by atoms with Crippen LogP contribution < -0.4 is 16.0 Å². The van der Waals surface area contributed by atoms with Crippen molar-refractivity contribution >= 4 is 28.3 Å². The predicted octanol–water partition coefficient (Wildman–Crippen LogP) is 2.98. The number of nitrogens with zero attached hydrogens (tertiary/aromatic N) is 1. The van der Waals surface area contributed by atoms with E-state index in [4.69, 9.17) is 5.73 Å². The van der Waals surface area contributed by atoms with Gasteiger partial charge in [0.15, 0.2) is 0 Å². The van der Waals surface area contributed by atoms with Gasteiger partial charge in [0.05, 0.1) is 5.56 Å². The Morgan fingerprint density at radius 2 is 2.14 bits per heavy atom. The second-order valence-electron chi connectivity index (χ2n) is 6.11. The van der Waals surface area contributed by atoms with Gasteiger partial charge in [-0.25, -0.2) is 0 Å². The van der Waals surface area contributed by atoms with Gasteiger partial charge in [0.2, 0.25) is 0 Å². The number of carbonyl (C=O) groups is 1. The van der Waals surface area contributed by atoms with Gasteiger partial charge in [-0.1, -0.05) is 13.8 Å². The first-order valence-corrected chi connectivity index (χ1v) is 7.84. The number of hydrogen-bond acceptors (Lipinski definition) is 3. The second-order valence-corrected chi connectivity index (χ2v) is 6.11. The molecule has 1 aromatic heterocycles. The van der Waals surface area contributed by atoms with Crippen molar-refractivity contribution in [2.75, 3.05) is 30.8 Å². The lowest BCUT2D eigenvalue weighted by Gasteiger charge is -2.20. The van der Waals surface area contributed by atoms with Crippen LogP contribution in [0.25, 0.3) is 10.9 Å². The number of nitrogens with two attached hydrogens (primary N) is 1.